The molecule has 1 fully saturated rings. The normalized spacial score (nSPS) is 15.0. The molecule has 2 aromatic rings. The molecule has 1 aliphatic heterocycles. The van der Waals surface area contributed by atoms with Crippen LogP contribution >= 0.6 is 0 Å². The van der Waals surface area contributed by atoms with E-state index in [-0.39, 0.29) is 17.4 Å². The maximum absolute atomic E-state index is 13.8. The zero-order valence-corrected chi connectivity index (χ0v) is 14.3. The van der Waals surface area contributed by atoms with Crippen LogP contribution in [0, 0.1) is 24.5 Å². The summed E-state index contributed by atoms with van der Waals surface area (Å²) < 4.78 is 26.8. The molecule has 7 heteroatoms. The molecule has 26 heavy (non-hydrogen) atoms. The molecule has 1 aromatic carbocycles. The molecule has 0 unspecified atom stereocenters. The van der Waals surface area contributed by atoms with Crippen molar-refractivity contribution in [2.45, 2.75) is 19.8 Å². The van der Waals surface area contributed by atoms with Gasteiger partial charge in [0, 0.05) is 30.8 Å². The number of nitrogens with one attached hydrogen (secondary N) is 1. The molecule has 136 valence electrons. The Hall–Kier alpha value is -2.83. The van der Waals surface area contributed by atoms with E-state index in [2.05, 4.69) is 10.3 Å². The summed E-state index contributed by atoms with van der Waals surface area (Å²) in [6, 6.07) is 8.29. The molecule has 0 saturated carbocycles. The Bertz CT molecular complexity index is 833. The van der Waals surface area contributed by atoms with Gasteiger partial charge in [-0.3, -0.25) is 9.59 Å². The molecule has 3 rings (SSSR count). The highest BCUT2D eigenvalue weighted by Gasteiger charge is 2.29. The van der Waals surface area contributed by atoms with E-state index in [1.807, 2.05) is 19.1 Å². The first-order chi connectivity index (χ1) is 12.4. The van der Waals surface area contributed by atoms with Crippen molar-refractivity contribution in [3.63, 3.8) is 0 Å². The lowest BCUT2D eigenvalue weighted by molar-refractivity contribution is -0.121. The van der Waals surface area contributed by atoms with Crippen LogP contribution in [0.15, 0.2) is 36.4 Å². The number of piperidine rings is 1. The number of carbonyl (C=O) groups excluding carboxylic acids is 2. The van der Waals surface area contributed by atoms with E-state index in [1.54, 1.807) is 6.07 Å². The predicted octanol–water partition coefficient (Wildman–Crippen LogP) is 3.16. The Balaban J connectivity index is 1.58. The molecule has 1 aromatic heterocycles. The summed E-state index contributed by atoms with van der Waals surface area (Å²) in [7, 11) is 0. The summed E-state index contributed by atoms with van der Waals surface area (Å²) in [5.74, 6) is -1.95. The van der Waals surface area contributed by atoms with E-state index in [4.69, 9.17) is 0 Å². The molecule has 1 aliphatic rings. The summed E-state index contributed by atoms with van der Waals surface area (Å²) in [6.07, 6.45) is 0.957. The Kier molecular flexibility index (Phi) is 5.25. The second-order valence-electron chi connectivity index (χ2n) is 6.34. The zero-order valence-electron chi connectivity index (χ0n) is 14.3. The van der Waals surface area contributed by atoms with Gasteiger partial charge in [-0.25, -0.2) is 13.8 Å². The largest absolute Gasteiger partial charge is 0.339 e. The standard InChI is InChI=1S/C19H19F2N3O2/c1-12-3-2-4-17(22-12)23-18(25)13-7-9-24(10-8-13)19(26)15-6-5-14(20)11-16(15)21/h2-6,11,13H,7-10H2,1H3,(H,22,23,25). The van der Waals surface area contributed by atoms with E-state index < -0.39 is 17.5 Å². The van der Waals surface area contributed by atoms with Crippen LogP contribution in [0.1, 0.15) is 28.9 Å². The smallest absolute Gasteiger partial charge is 0.256 e. The van der Waals surface area contributed by atoms with Gasteiger partial charge in [-0.15, -0.1) is 0 Å². The number of nitrogens with zero attached hydrogens (tertiary/aromatic N) is 2. The number of anilines is 1. The van der Waals surface area contributed by atoms with Gasteiger partial charge in [-0.05, 0) is 44.0 Å². The van der Waals surface area contributed by atoms with Crippen molar-refractivity contribution in [3.05, 3.63) is 59.3 Å². The van der Waals surface area contributed by atoms with Gasteiger partial charge in [-0.1, -0.05) is 6.07 Å². The lowest BCUT2D eigenvalue weighted by Gasteiger charge is -2.31. The number of benzene rings is 1. The minimum Gasteiger partial charge on any atom is -0.339 e. The summed E-state index contributed by atoms with van der Waals surface area (Å²) in [4.78, 5) is 30.5. The van der Waals surface area contributed by atoms with E-state index in [9.17, 15) is 18.4 Å². The van der Waals surface area contributed by atoms with Crippen LogP contribution in [0.4, 0.5) is 14.6 Å². The van der Waals surface area contributed by atoms with Gasteiger partial charge in [-0.2, -0.15) is 0 Å². The van der Waals surface area contributed by atoms with Gasteiger partial charge in [0.25, 0.3) is 5.91 Å². The van der Waals surface area contributed by atoms with Crippen LogP contribution in [0.3, 0.4) is 0 Å². The summed E-state index contributed by atoms with van der Waals surface area (Å²) in [5.41, 5.74) is 0.655. The van der Waals surface area contributed by atoms with Gasteiger partial charge >= 0.3 is 0 Å². The molecular weight excluding hydrogens is 340 g/mol. The van der Waals surface area contributed by atoms with Crippen LogP contribution < -0.4 is 5.32 Å². The van der Waals surface area contributed by atoms with E-state index in [0.29, 0.717) is 37.8 Å². The molecule has 5 nitrogen and oxygen atoms in total. The van der Waals surface area contributed by atoms with Gasteiger partial charge in [0.1, 0.15) is 17.5 Å². The quantitative estimate of drug-likeness (QED) is 0.916. The number of amides is 2. The third-order valence-electron chi connectivity index (χ3n) is 4.45. The minimum absolute atomic E-state index is 0.136. The van der Waals surface area contributed by atoms with Crippen molar-refractivity contribution in [1.29, 1.82) is 0 Å². The van der Waals surface area contributed by atoms with Crippen molar-refractivity contribution < 1.29 is 18.4 Å². The Morgan fingerprint density at radius 2 is 1.88 bits per heavy atom. The number of hydrogen-bond donors (Lipinski definition) is 1. The molecule has 0 aliphatic carbocycles. The predicted molar refractivity (Wildman–Crippen MR) is 92.6 cm³/mol. The van der Waals surface area contributed by atoms with E-state index in [0.717, 1.165) is 17.8 Å². The Morgan fingerprint density at radius 1 is 1.15 bits per heavy atom. The number of rotatable bonds is 3. The fourth-order valence-electron chi connectivity index (χ4n) is 3.02. The molecule has 0 bridgehead atoms. The number of aryl methyl sites for hydroxylation is 1. The molecule has 2 heterocycles. The van der Waals surface area contributed by atoms with Gasteiger partial charge in [0.2, 0.25) is 5.91 Å². The first kappa shape index (κ1) is 18.0. The fraction of sp³-hybridized carbons (Fsp3) is 0.316. The topological polar surface area (TPSA) is 62.3 Å². The first-order valence-corrected chi connectivity index (χ1v) is 8.43. The number of carbonyl (C=O) groups is 2. The van der Waals surface area contributed by atoms with E-state index in [1.165, 1.54) is 4.90 Å². The average Bonchev–Trinajstić information content (AvgIpc) is 2.61. The lowest BCUT2D eigenvalue weighted by Crippen LogP contribution is -2.41. The number of halogens is 2. The third kappa shape index (κ3) is 4.04. The highest BCUT2D eigenvalue weighted by Crippen LogP contribution is 2.22. The van der Waals surface area contributed by atoms with Crippen molar-refractivity contribution in [3.8, 4) is 0 Å². The van der Waals surface area contributed by atoms with Gasteiger partial charge in [0.15, 0.2) is 0 Å². The average molecular weight is 359 g/mol. The van der Waals surface area contributed by atoms with Crippen LogP contribution in [-0.4, -0.2) is 34.8 Å². The summed E-state index contributed by atoms with van der Waals surface area (Å²) in [5, 5.41) is 2.79. The van der Waals surface area contributed by atoms with Crippen LogP contribution in [0.5, 0.6) is 0 Å². The number of aromatic nitrogens is 1. The lowest BCUT2D eigenvalue weighted by atomic mass is 9.95. The van der Waals surface area contributed by atoms with Crippen molar-refractivity contribution in [2.75, 3.05) is 18.4 Å². The van der Waals surface area contributed by atoms with Crippen molar-refractivity contribution in [2.24, 2.45) is 5.92 Å². The molecule has 0 spiro atoms. The maximum Gasteiger partial charge on any atom is 0.256 e. The summed E-state index contributed by atoms with van der Waals surface area (Å²) in [6.45, 7) is 2.53. The van der Waals surface area contributed by atoms with Crippen molar-refractivity contribution in [1.82, 2.24) is 9.88 Å². The van der Waals surface area contributed by atoms with Gasteiger partial charge < -0.3 is 10.2 Å². The monoisotopic (exact) mass is 359 g/mol. The second-order valence-corrected chi connectivity index (χ2v) is 6.34. The molecule has 0 radical (unpaired) electrons. The first-order valence-electron chi connectivity index (χ1n) is 8.43. The maximum atomic E-state index is 13.8. The highest BCUT2D eigenvalue weighted by atomic mass is 19.1. The number of likely N-dealkylation sites (tertiary alicyclic amines) is 1. The highest BCUT2D eigenvalue weighted by molar-refractivity contribution is 5.95. The fourth-order valence-corrected chi connectivity index (χ4v) is 3.02. The SMILES string of the molecule is Cc1cccc(NC(=O)C2CCN(C(=O)c3ccc(F)cc3F)CC2)n1. The van der Waals surface area contributed by atoms with Crippen molar-refractivity contribution >= 4 is 17.6 Å². The zero-order chi connectivity index (χ0) is 18.7. The van der Waals surface area contributed by atoms with Crippen LogP contribution in [0.2, 0.25) is 0 Å². The Morgan fingerprint density at radius 3 is 2.54 bits per heavy atom. The van der Waals surface area contributed by atoms with E-state index >= 15 is 0 Å². The summed E-state index contributed by atoms with van der Waals surface area (Å²) >= 11 is 0. The second kappa shape index (κ2) is 7.59. The molecule has 2 amide bonds. The molecule has 1 N–H and O–H groups in total. The Labute approximate surface area is 150 Å². The number of pyridine rings is 1. The molecule has 1 saturated heterocycles. The van der Waals surface area contributed by atoms with Gasteiger partial charge in [0.05, 0.1) is 5.56 Å². The van der Waals surface area contributed by atoms with Crippen LogP contribution in [-0.2, 0) is 4.79 Å². The number of hydrogen-bond acceptors (Lipinski definition) is 3. The molecular formula is C19H19F2N3O2. The minimum atomic E-state index is -0.875. The molecule has 0 atom stereocenters. The third-order valence-corrected chi connectivity index (χ3v) is 4.45. The van der Waals surface area contributed by atoms with Crippen LogP contribution in [0.25, 0.3) is 0 Å².